The molecule has 1 heterocycles. The molecule has 1 aliphatic carbocycles. The minimum atomic E-state index is -0.158. The van der Waals surface area contributed by atoms with Crippen molar-refractivity contribution in [3.8, 4) is 0 Å². The summed E-state index contributed by atoms with van der Waals surface area (Å²) in [6.45, 7) is 2.73. The second-order valence-electron chi connectivity index (χ2n) is 4.07. The Balaban J connectivity index is 1.49. The van der Waals surface area contributed by atoms with Crippen molar-refractivity contribution in [3.63, 3.8) is 0 Å². The average molecular weight is 202 g/mol. The van der Waals surface area contributed by atoms with Crippen molar-refractivity contribution >= 4 is 0 Å². The highest BCUT2D eigenvalue weighted by Crippen LogP contribution is 2.29. The van der Waals surface area contributed by atoms with E-state index in [0.29, 0.717) is 13.2 Å². The Morgan fingerprint density at radius 1 is 1.36 bits per heavy atom. The van der Waals surface area contributed by atoms with Crippen molar-refractivity contribution in [1.82, 2.24) is 0 Å². The zero-order chi connectivity index (χ0) is 9.80. The Morgan fingerprint density at radius 3 is 2.71 bits per heavy atom. The molecule has 1 saturated heterocycles. The van der Waals surface area contributed by atoms with Crippen LogP contribution >= 0.6 is 0 Å². The van der Waals surface area contributed by atoms with Crippen LogP contribution in [0.3, 0.4) is 0 Å². The van der Waals surface area contributed by atoms with Gasteiger partial charge in [-0.2, -0.15) is 0 Å². The summed E-state index contributed by atoms with van der Waals surface area (Å²) in [7, 11) is 0. The summed E-state index contributed by atoms with van der Waals surface area (Å²) in [5, 5.41) is 9.00. The number of aliphatic hydroxyl groups is 1. The molecule has 4 heteroatoms. The van der Waals surface area contributed by atoms with Crippen LogP contribution in [0.25, 0.3) is 0 Å². The van der Waals surface area contributed by atoms with Gasteiger partial charge in [0.05, 0.1) is 26.4 Å². The normalized spacial score (nSPS) is 27.6. The lowest BCUT2D eigenvalue weighted by molar-refractivity contribution is -0.0476. The topological polar surface area (TPSA) is 51.2 Å². The maximum absolute atomic E-state index is 9.00. The first-order valence-corrected chi connectivity index (χ1v) is 5.30. The van der Waals surface area contributed by atoms with E-state index in [1.54, 1.807) is 0 Å². The van der Waals surface area contributed by atoms with Gasteiger partial charge in [0.25, 0.3) is 0 Å². The van der Waals surface area contributed by atoms with Gasteiger partial charge in [-0.05, 0) is 18.8 Å². The van der Waals surface area contributed by atoms with Crippen molar-refractivity contribution < 1.29 is 19.3 Å². The predicted molar refractivity (Wildman–Crippen MR) is 50.1 cm³/mol. The molecule has 0 aromatic carbocycles. The first-order valence-electron chi connectivity index (χ1n) is 5.30. The van der Waals surface area contributed by atoms with Crippen LogP contribution in [0.1, 0.15) is 12.8 Å². The van der Waals surface area contributed by atoms with E-state index in [4.69, 9.17) is 19.3 Å². The molecule has 2 unspecified atom stereocenters. The van der Waals surface area contributed by atoms with Gasteiger partial charge < -0.3 is 19.3 Å². The van der Waals surface area contributed by atoms with Gasteiger partial charge in [-0.1, -0.05) is 0 Å². The summed E-state index contributed by atoms with van der Waals surface area (Å²) in [6.07, 6.45) is 2.68. The van der Waals surface area contributed by atoms with Gasteiger partial charge in [0, 0.05) is 6.61 Å². The summed E-state index contributed by atoms with van der Waals surface area (Å²) in [6, 6.07) is 0. The lowest BCUT2D eigenvalue weighted by Crippen LogP contribution is -2.25. The molecular weight excluding hydrogens is 184 g/mol. The van der Waals surface area contributed by atoms with E-state index >= 15 is 0 Å². The summed E-state index contributed by atoms with van der Waals surface area (Å²) in [5.74, 6) is 0.732. The van der Waals surface area contributed by atoms with Crippen LogP contribution in [0.15, 0.2) is 0 Å². The molecule has 1 N–H and O–H groups in total. The molecule has 0 aromatic rings. The largest absolute Gasteiger partial charge is 0.394 e. The zero-order valence-corrected chi connectivity index (χ0v) is 8.35. The molecule has 0 aromatic heterocycles. The fourth-order valence-corrected chi connectivity index (χ4v) is 1.21. The van der Waals surface area contributed by atoms with Gasteiger partial charge in [0.1, 0.15) is 12.2 Å². The third-order valence-corrected chi connectivity index (χ3v) is 2.48. The van der Waals surface area contributed by atoms with Crippen LogP contribution in [0.5, 0.6) is 0 Å². The van der Waals surface area contributed by atoms with Crippen molar-refractivity contribution in [1.29, 1.82) is 0 Å². The Labute approximate surface area is 84.1 Å². The SMILES string of the molecule is OCC(COCC1CO1)OCC1CC1. The molecule has 1 aliphatic heterocycles. The van der Waals surface area contributed by atoms with Gasteiger partial charge in [0.2, 0.25) is 0 Å². The number of hydrogen-bond acceptors (Lipinski definition) is 4. The molecule has 2 fully saturated rings. The first kappa shape index (κ1) is 10.4. The molecule has 82 valence electrons. The molecular formula is C10H18O4. The smallest absolute Gasteiger partial charge is 0.104 e. The van der Waals surface area contributed by atoms with Crippen molar-refractivity contribution in [3.05, 3.63) is 0 Å². The molecule has 0 bridgehead atoms. The Morgan fingerprint density at radius 2 is 2.14 bits per heavy atom. The van der Waals surface area contributed by atoms with Crippen molar-refractivity contribution in [2.75, 3.05) is 33.0 Å². The fourth-order valence-electron chi connectivity index (χ4n) is 1.21. The number of aliphatic hydroxyl groups excluding tert-OH is 1. The predicted octanol–water partition coefficient (Wildman–Crippen LogP) is 0.189. The van der Waals surface area contributed by atoms with Crippen LogP contribution in [0, 0.1) is 5.92 Å². The third kappa shape index (κ3) is 3.92. The molecule has 2 atom stereocenters. The summed E-state index contributed by atoms with van der Waals surface area (Å²) < 4.78 is 15.9. The van der Waals surface area contributed by atoms with Gasteiger partial charge in [-0.15, -0.1) is 0 Å². The summed E-state index contributed by atoms with van der Waals surface area (Å²) in [4.78, 5) is 0. The van der Waals surface area contributed by atoms with Crippen LogP contribution < -0.4 is 0 Å². The van der Waals surface area contributed by atoms with E-state index in [9.17, 15) is 0 Å². The third-order valence-electron chi connectivity index (χ3n) is 2.48. The van der Waals surface area contributed by atoms with E-state index in [0.717, 1.165) is 19.1 Å². The summed E-state index contributed by atoms with van der Waals surface area (Å²) in [5.41, 5.74) is 0. The zero-order valence-electron chi connectivity index (χ0n) is 8.35. The second-order valence-corrected chi connectivity index (χ2v) is 4.07. The lowest BCUT2D eigenvalue weighted by atomic mass is 10.4. The maximum atomic E-state index is 9.00. The van der Waals surface area contributed by atoms with E-state index in [1.807, 2.05) is 0 Å². The van der Waals surface area contributed by atoms with Gasteiger partial charge >= 0.3 is 0 Å². The highest BCUT2D eigenvalue weighted by molar-refractivity contribution is 4.73. The second kappa shape index (κ2) is 5.07. The van der Waals surface area contributed by atoms with E-state index < -0.39 is 0 Å². The fraction of sp³-hybridized carbons (Fsp3) is 1.00. The Bertz CT molecular complexity index is 166. The van der Waals surface area contributed by atoms with Crippen LogP contribution in [-0.4, -0.2) is 50.3 Å². The molecule has 0 spiro atoms. The molecule has 2 aliphatic rings. The summed E-state index contributed by atoms with van der Waals surface area (Å²) >= 11 is 0. The standard InChI is InChI=1S/C10H18O4/c11-3-9(13-4-8-1-2-8)5-12-6-10-7-14-10/h8-11H,1-7H2. The lowest BCUT2D eigenvalue weighted by Gasteiger charge is -2.14. The van der Waals surface area contributed by atoms with Crippen LogP contribution in [0.4, 0.5) is 0 Å². The number of epoxide rings is 1. The maximum Gasteiger partial charge on any atom is 0.104 e. The first-order chi connectivity index (χ1) is 6.88. The minimum Gasteiger partial charge on any atom is -0.394 e. The Kier molecular flexibility index (Phi) is 3.75. The molecule has 4 nitrogen and oxygen atoms in total. The molecule has 0 amide bonds. The van der Waals surface area contributed by atoms with Crippen molar-refractivity contribution in [2.45, 2.75) is 25.0 Å². The number of hydrogen-bond donors (Lipinski definition) is 1. The highest BCUT2D eigenvalue weighted by atomic mass is 16.6. The molecule has 2 rings (SSSR count). The van der Waals surface area contributed by atoms with E-state index in [-0.39, 0.29) is 18.8 Å². The molecule has 0 radical (unpaired) electrons. The van der Waals surface area contributed by atoms with Gasteiger partial charge in [-0.25, -0.2) is 0 Å². The Hall–Kier alpha value is -0.160. The monoisotopic (exact) mass is 202 g/mol. The average Bonchev–Trinajstić information content (AvgIpc) is 3.01. The minimum absolute atomic E-state index is 0.0399. The van der Waals surface area contributed by atoms with Crippen molar-refractivity contribution in [2.24, 2.45) is 5.92 Å². The van der Waals surface area contributed by atoms with Gasteiger partial charge in [0.15, 0.2) is 0 Å². The highest BCUT2D eigenvalue weighted by Gasteiger charge is 2.25. The number of rotatable bonds is 8. The van der Waals surface area contributed by atoms with E-state index in [1.165, 1.54) is 12.8 Å². The molecule has 14 heavy (non-hydrogen) atoms. The van der Waals surface area contributed by atoms with E-state index in [2.05, 4.69) is 0 Å². The number of ether oxygens (including phenoxy) is 3. The van der Waals surface area contributed by atoms with Crippen LogP contribution in [0.2, 0.25) is 0 Å². The van der Waals surface area contributed by atoms with Crippen LogP contribution in [-0.2, 0) is 14.2 Å². The quantitative estimate of drug-likeness (QED) is 0.571. The van der Waals surface area contributed by atoms with Gasteiger partial charge in [-0.3, -0.25) is 0 Å². The molecule has 1 saturated carbocycles.